The second-order valence-corrected chi connectivity index (χ2v) is 7.00. The van der Waals surface area contributed by atoms with Gasteiger partial charge in [-0.15, -0.1) is 0 Å². The lowest BCUT2D eigenvalue weighted by Gasteiger charge is -2.34. The molecule has 0 radical (unpaired) electrons. The Kier molecular flexibility index (Phi) is 7.95. The molecule has 1 N–H and O–H groups in total. The van der Waals surface area contributed by atoms with Crippen molar-refractivity contribution >= 4 is 17.6 Å². The van der Waals surface area contributed by atoms with Crippen LogP contribution in [-0.2, 0) is 9.59 Å². The van der Waals surface area contributed by atoms with Crippen LogP contribution in [0.1, 0.15) is 76.9 Å². The highest BCUT2D eigenvalue weighted by atomic mass is 16.5. The zero-order valence-electron chi connectivity index (χ0n) is 15.6. The van der Waals surface area contributed by atoms with Crippen molar-refractivity contribution in [3.05, 3.63) is 11.8 Å². The number of carbonyl (C=O) groups is 2. The first-order valence-electron chi connectivity index (χ1n) is 9.62. The maximum atomic E-state index is 12.7. The van der Waals surface area contributed by atoms with Crippen molar-refractivity contribution in [2.45, 2.75) is 84.1 Å². The Hall–Kier alpha value is -1.85. The molecule has 6 heteroatoms. The number of anilines is 1. The summed E-state index contributed by atoms with van der Waals surface area (Å²) in [6.07, 6.45) is 10.3. The van der Waals surface area contributed by atoms with Crippen LogP contribution in [0, 0.1) is 6.92 Å². The number of aromatic nitrogens is 1. The summed E-state index contributed by atoms with van der Waals surface area (Å²) >= 11 is 0. The number of hydrogen-bond donors (Lipinski definition) is 1. The van der Waals surface area contributed by atoms with Gasteiger partial charge in [0.05, 0.1) is 0 Å². The zero-order chi connectivity index (χ0) is 18.1. The topological polar surface area (TPSA) is 75.4 Å². The summed E-state index contributed by atoms with van der Waals surface area (Å²) in [5.41, 5.74) is 0. The minimum Gasteiger partial charge on any atom is -0.360 e. The fraction of sp³-hybridized carbons (Fsp3) is 0.737. The first-order valence-corrected chi connectivity index (χ1v) is 9.62. The molecular weight excluding hydrogens is 318 g/mol. The third kappa shape index (κ3) is 6.52. The number of aryl methyl sites for hydroxylation is 1. The van der Waals surface area contributed by atoms with Gasteiger partial charge in [0.15, 0.2) is 5.82 Å². The molecule has 0 aliphatic heterocycles. The van der Waals surface area contributed by atoms with Gasteiger partial charge in [0.1, 0.15) is 12.3 Å². The average molecular weight is 349 g/mol. The number of carbonyl (C=O) groups excluding carboxylic acids is 2. The van der Waals surface area contributed by atoms with Gasteiger partial charge in [-0.05, 0) is 26.2 Å². The summed E-state index contributed by atoms with van der Waals surface area (Å²) in [5, 5.41) is 6.51. The van der Waals surface area contributed by atoms with Gasteiger partial charge in [0.2, 0.25) is 11.8 Å². The number of nitrogens with zero attached hydrogens (tertiary/aromatic N) is 2. The van der Waals surface area contributed by atoms with Crippen LogP contribution < -0.4 is 5.32 Å². The van der Waals surface area contributed by atoms with Gasteiger partial charge in [0.25, 0.3) is 0 Å². The molecule has 1 saturated carbocycles. The molecule has 1 aromatic rings. The van der Waals surface area contributed by atoms with Gasteiger partial charge >= 0.3 is 0 Å². The van der Waals surface area contributed by atoms with Crippen LogP contribution in [0.2, 0.25) is 0 Å². The Bertz CT molecular complexity index is 550. The number of nitrogens with one attached hydrogen (secondary N) is 1. The Morgan fingerprint density at radius 1 is 1.24 bits per heavy atom. The predicted molar refractivity (Wildman–Crippen MR) is 97.2 cm³/mol. The van der Waals surface area contributed by atoms with Crippen LogP contribution in [-0.4, -0.2) is 34.5 Å². The van der Waals surface area contributed by atoms with E-state index in [1.807, 2.05) is 0 Å². The Morgan fingerprint density at radius 2 is 2.00 bits per heavy atom. The van der Waals surface area contributed by atoms with Gasteiger partial charge < -0.3 is 14.7 Å². The lowest BCUT2D eigenvalue weighted by Crippen LogP contribution is -2.45. The van der Waals surface area contributed by atoms with Crippen LogP contribution in [0.15, 0.2) is 10.6 Å². The first kappa shape index (κ1) is 19.5. The molecule has 1 aliphatic carbocycles. The van der Waals surface area contributed by atoms with Crippen molar-refractivity contribution in [3.63, 3.8) is 0 Å². The normalized spacial score (nSPS) is 15.1. The standard InChI is InChI=1S/C19H31N3O3/c1-3-4-5-9-12-19(24)22(16-10-7-6-8-11-16)14-18(23)20-17-13-15(2)25-21-17/h13,16H,3-12,14H2,1-2H3,(H,20,21,23). The van der Waals surface area contributed by atoms with Crippen molar-refractivity contribution in [2.24, 2.45) is 0 Å². The van der Waals surface area contributed by atoms with Crippen molar-refractivity contribution < 1.29 is 14.1 Å². The van der Waals surface area contributed by atoms with E-state index in [0.29, 0.717) is 18.0 Å². The second kappa shape index (κ2) is 10.2. The van der Waals surface area contributed by atoms with Crippen molar-refractivity contribution in [1.29, 1.82) is 0 Å². The van der Waals surface area contributed by atoms with Gasteiger partial charge in [-0.2, -0.15) is 0 Å². The minimum atomic E-state index is -0.208. The number of unbranched alkanes of at least 4 members (excludes halogenated alkanes) is 3. The third-order valence-electron chi connectivity index (χ3n) is 4.79. The van der Waals surface area contributed by atoms with Crippen LogP contribution in [0.25, 0.3) is 0 Å². The summed E-state index contributed by atoms with van der Waals surface area (Å²) in [6, 6.07) is 1.87. The summed E-state index contributed by atoms with van der Waals surface area (Å²) in [5.74, 6) is 0.947. The van der Waals surface area contributed by atoms with E-state index in [4.69, 9.17) is 4.52 Å². The Labute approximate surface area is 150 Å². The number of hydrogen-bond acceptors (Lipinski definition) is 4. The van der Waals surface area contributed by atoms with Crippen LogP contribution in [0.4, 0.5) is 5.82 Å². The van der Waals surface area contributed by atoms with Crippen LogP contribution in [0.5, 0.6) is 0 Å². The molecule has 1 heterocycles. The van der Waals surface area contributed by atoms with Crippen molar-refractivity contribution in [1.82, 2.24) is 10.1 Å². The molecular formula is C19H31N3O3. The smallest absolute Gasteiger partial charge is 0.245 e. The molecule has 0 saturated heterocycles. The summed E-state index contributed by atoms with van der Waals surface area (Å²) in [6.45, 7) is 4.03. The maximum Gasteiger partial charge on any atom is 0.245 e. The predicted octanol–water partition coefficient (Wildman–Crippen LogP) is 4.05. The van der Waals surface area contributed by atoms with E-state index < -0.39 is 0 Å². The number of rotatable bonds is 9. The molecule has 1 fully saturated rings. The molecule has 2 rings (SSSR count). The summed E-state index contributed by atoms with van der Waals surface area (Å²) in [7, 11) is 0. The molecule has 6 nitrogen and oxygen atoms in total. The highest BCUT2D eigenvalue weighted by molar-refractivity contribution is 5.93. The molecule has 0 spiro atoms. The van der Waals surface area contributed by atoms with Gasteiger partial charge in [-0.3, -0.25) is 9.59 Å². The van der Waals surface area contributed by atoms with Gasteiger partial charge in [-0.25, -0.2) is 0 Å². The van der Waals surface area contributed by atoms with E-state index in [2.05, 4.69) is 17.4 Å². The molecule has 0 aromatic carbocycles. The third-order valence-corrected chi connectivity index (χ3v) is 4.79. The SMILES string of the molecule is CCCCCCC(=O)N(CC(=O)Nc1cc(C)on1)C1CCCCC1. The monoisotopic (exact) mass is 349 g/mol. The molecule has 1 aliphatic rings. The fourth-order valence-corrected chi connectivity index (χ4v) is 3.42. The largest absolute Gasteiger partial charge is 0.360 e. The molecule has 0 unspecified atom stereocenters. The maximum absolute atomic E-state index is 12.7. The van der Waals surface area contributed by atoms with Crippen LogP contribution >= 0.6 is 0 Å². The molecule has 140 valence electrons. The van der Waals surface area contributed by atoms with Crippen LogP contribution in [0.3, 0.4) is 0 Å². The highest BCUT2D eigenvalue weighted by Gasteiger charge is 2.27. The van der Waals surface area contributed by atoms with Gasteiger partial charge in [0, 0.05) is 18.5 Å². The fourth-order valence-electron chi connectivity index (χ4n) is 3.42. The Morgan fingerprint density at radius 3 is 2.64 bits per heavy atom. The van der Waals surface area contributed by atoms with E-state index in [9.17, 15) is 9.59 Å². The molecule has 1 aromatic heterocycles. The molecule has 0 atom stereocenters. The lowest BCUT2D eigenvalue weighted by molar-refractivity contribution is -0.137. The van der Waals surface area contributed by atoms with E-state index in [-0.39, 0.29) is 24.4 Å². The Balaban J connectivity index is 1.92. The van der Waals surface area contributed by atoms with Crippen molar-refractivity contribution in [2.75, 3.05) is 11.9 Å². The van der Waals surface area contributed by atoms with E-state index in [1.54, 1.807) is 17.9 Å². The average Bonchev–Trinajstić information content (AvgIpc) is 3.02. The molecule has 0 bridgehead atoms. The quantitative estimate of drug-likeness (QED) is 0.682. The van der Waals surface area contributed by atoms with Gasteiger partial charge in [-0.1, -0.05) is 50.6 Å². The van der Waals surface area contributed by atoms with Crippen molar-refractivity contribution in [3.8, 4) is 0 Å². The first-order chi connectivity index (χ1) is 12.1. The van der Waals surface area contributed by atoms with E-state index >= 15 is 0 Å². The minimum absolute atomic E-state index is 0.100. The summed E-state index contributed by atoms with van der Waals surface area (Å²) in [4.78, 5) is 26.9. The lowest BCUT2D eigenvalue weighted by atomic mass is 9.93. The second-order valence-electron chi connectivity index (χ2n) is 7.00. The molecule has 25 heavy (non-hydrogen) atoms. The zero-order valence-corrected chi connectivity index (χ0v) is 15.6. The molecule has 2 amide bonds. The number of amides is 2. The van der Waals surface area contributed by atoms with E-state index in [0.717, 1.165) is 51.4 Å². The highest BCUT2D eigenvalue weighted by Crippen LogP contribution is 2.23. The van der Waals surface area contributed by atoms with E-state index in [1.165, 1.54) is 6.42 Å². The summed E-state index contributed by atoms with van der Waals surface area (Å²) < 4.78 is 4.96.